The van der Waals surface area contributed by atoms with Crippen LogP contribution >= 0.6 is 0 Å². The molecule has 0 saturated carbocycles. The van der Waals surface area contributed by atoms with E-state index in [-0.39, 0.29) is 18.4 Å². The van der Waals surface area contributed by atoms with Gasteiger partial charge in [-0.25, -0.2) is 9.59 Å². The molecule has 164 valence electrons. The van der Waals surface area contributed by atoms with Gasteiger partial charge in [0.05, 0.1) is 7.11 Å². The van der Waals surface area contributed by atoms with Crippen LogP contribution in [-0.2, 0) is 25.7 Å². The zero-order chi connectivity index (χ0) is 21.7. The van der Waals surface area contributed by atoms with E-state index in [9.17, 15) is 14.4 Å². The monoisotopic (exact) mass is 416 g/mol. The SMILES string of the molecule is COC(=O)[C@H](CC(C)C)N1CC[C@]2(CCCCN2C(=O)OCc2ccccc2)C1=O. The Hall–Kier alpha value is -2.57. The molecule has 2 heterocycles. The first kappa shape index (κ1) is 22.1. The summed E-state index contributed by atoms with van der Waals surface area (Å²) < 4.78 is 10.5. The molecular weight excluding hydrogens is 384 g/mol. The topological polar surface area (TPSA) is 76.2 Å². The number of ether oxygens (including phenoxy) is 2. The predicted molar refractivity (Wildman–Crippen MR) is 112 cm³/mol. The van der Waals surface area contributed by atoms with E-state index in [0.717, 1.165) is 18.4 Å². The van der Waals surface area contributed by atoms with Gasteiger partial charge in [-0.3, -0.25) is 9.69 Å². The second-order valence-corrected chi connectivity index (χ2v) is 8.60. The van der Waals surface area contributed by atoms with E-state index in [1.807, 2.05) is 44.2 Å². The maximum Gasteiger partial charge on any atom is 0.411 e. The minimum atomic E-state index is -0.921. The molecule has 2 aliphatic heterocycles. The molecule has 1 aromatic rings. The number of carbonyl (C=O) groups excluding carboxylic acids is 3. The Kier molecular flexibility index (Phi) is 7.00. The van der Waals surface area contributed by atoms with Crippen LogP contribution in [0.15, 0.2) is 30.3 Å². The smallest absolute Gasteiger partial charge is 0.411 e. The van der Waals surface area contributed by atoms with Gasteiger partial charge in [-0.15, -0.1) is 0 Å². The maximum absolute atomic E-state index is 13.6. The Bertz CT molecular complexity index is 766. The number of amides is 2. The van der Waals surface area contributed by atoms with Gasteiger partial charge in [0, 0.05) is 13.1 Å². The molecule has 2 aliphatic rings. The van der Waals surface area contributed by atoms with Gasteiger partial charge in [0.15, 0.2) is 0 Å². The Morgan fingerprint density at radius 1 is 1.10 bits per heavy atom. The van der Waals surface area contributed by atoms with E-state index < -0.39 is 23.6 Å². The summed E-state index contributed by atoms with van der Waals surface area (Å²) >= 11 is 0. The molecule has 2 saturated heterocycles. The molecule has 0 unspecified atom stereocenters. The minimum Gasteiger partial charge on any atom is -0.467 e. The molecule has 0 bridgehead atoms. The van der Waals surface area contributed by atoms with Crippen LogP contribution in [0.5, 0.6) is 0 Å². The first-order valence-electron chi connectivity index (χ1n) is 10.8. The number of hydrogen-bond acceptors (Lipinski definition) is 5. The number of hydrogen-bond donors (Lipinski definition) is 0. The molecular formula is C23H32N2O5. The normalized spacial score (nSPS) is 22.5. The Labute approximate surface area is 178 Å². The second-order valence-electron chi connectivity index (χ2n) is 8.60. The van der Waals surface area contributed by atoms with Crippen LogP contribution < -0.4 is 0 Å². The lowest BCUT2D eigenvalue weighted by Gasteiger charge is -2.42. The van der Waals surface area contributed by atoms with Crippen molar-refractivity contribution in [3.63, 3.8) is 0 Å². The highest BCUT2D eigenvalue weighted by atomic mass is 16.6. The minimum absolute atomic E-state index is 0.157. The van der Waals surface area contributed by atoms with Gasteiger partial charge in [-0.1, -0.05) is 44.2 Å². The fourth-order valence-corrected chi connectivity index (χ4v) is 4.59. The molecule has 30 heavy (non-hydrogen) atoms. The zero-order valence-corrected chi connectivity index (χ0v) is 18.1. The van der Waals surface area contributed by atoms with Crippen LogP contribution in [0.1, 0.15) is 51.5 Å². The summed E-state index contributed by atoms with van der Waals surface area (Å²) in [6, 6.07) is 8.87. The highest BCUT2D eigenvalue weighted by molar-refractivity contribution is 5.95. The number of benzene rings is 1. The lowest BCUT2D eigenvalue weighted by molar-refractivity contribution is -0.155. The molecule has 0 radical (unpaired) electrons. The average molecular weight is 417 g/mol. The highest BCUT2D eigenvalue weighted by Crippen LogP contribution is 2.39. The highest BCUT2D eigenvalue weighted by Gasteiger charge is 2.56. The molecule has 0 N–H and O–H groups in total. The Balaban J connectivity index is 1.77. The average Bonchev–Trinajstić information content (AvgIpc) is 3.06. The van der Waals surface area contributed by atoms with Gasteiger partial charge in [0.25, 0.3) is 0 Å². The van der Waals surface area contributed by atoms with Gasteiger partial charge in [0.2, 0.25) is 5.91 Å². The fraction of sp³-hybridized carbons (Fsp3) is 0.609. The third kappa shape index (κ3) is 4.45. The van der Waals surface area contributed by atoms with Crippen molar-refractivity contribution in [2.24, 2.45) is 5.92 Å². The molecule has 1 spiro atoms. The van der Waals surface area contributed by atoms with E-state index >= 15 is 0 Å². The van der Waals surface area contributed by atoms with Crippen molar-refractivity contribution in [1.29, 1.82) is 0 Å². The number of nitrogens with zero attached hydrogens (tertiary/aromatic N) is 2. The van der Waals surface area contributed by atoms with E-state index in [1.165, 1.54) is 7.11 Å². The molecule has 2 amide bonds. The summed E-state index contributed by atoms with van der Waals surface area (Å²) in [5.41, 5.74) is -0.0195. The molecule has 0 aromatic heterocycles. The number of piperidine rings is 1. The largest absolute Gasteiger partial charge is 0.467 e. The maximum atomic E-state index is 13.6. The predicted octanol–water partition coefficient (Wildman–Crippen LogP) is 3.37. The quantitative estimate of drug-likeness (QED) is 0.665. The Morgan fingerprint density at radius 2 is 1.83 bits per heavy atom. The molecule has 0 aliphatic carbocycles. The van der Waals surface area contributed by atoms with Gasteiger partial charge >= 0.3 is 12.1 Å². The summed E-state index contributed by atoms with van der Waals surface area (Å²) in [6.45, 7) is 5.12. The molecule has 7 heteroatoms. The summed E-state index contributed by atoms with van der Waals surface area (Å²) in [7, 11) is 1.35. The van der Waals surface area contributed by atoms with Crippen molar-refractivity contribution in [3.8, 4) is 0 Å². The van der Waals surface area contributed by atoms with Gasteiger partial charge in [0.1, 0.15) is 18.2 Å². The molecule has 2 atom stereocenters. The van der Waals surface area contributed by atoms with Crippen LogP contribution in [0.25, 0.3) is 0 Å². The molecule has 2 fully saturated rings. The van der Waals surface area contributed by atoms with Crippen molar-refractivity contribution in [3.05, 3.63) is 35.9 Å². The first-order valence-corrected chi connectivity index (χ1v) is 10.8. The summed E-state index contributed by atoms with van der Waals surface area (Å²) in [5.74, 6) is -0.324. The van der Waals surface area contributed by atoms with Crippen LogP contribution in [0.2, 0.25) is 0 Å². The van der Waals surface area contributed by atoms with Crippen LogP contribution in [-0.4, -0.2) is 59.5 Å². The van der Waals surface area contributed by atoms with Gasteiger partial charge < -0.3 is 14.4 Å². The number of rotatable bonds is 6. The van der Waals surface area contributed by atoms with Crippen LogP contribution in [0.3, 0.4) is 0 Å². The van der Waals surface area contributed by atoms with Crippen molar-refractivity contribution < 1.29 is 23.9 Å². The number of carbonyl (C=O) groups is 3. The van der Waals surface area contributed by atoms with Crippen LogP contribution in [0, 0.1) is 5.92 Å². The summed E-state index contributed by atoms with van der Waals surface area (Å²) in [6.07, 6.45) is 2.88. The van der Waals surface area contributed by atoms with Crippen molar-refractivity contribution in [2.45, 2.75) is 64.1 Å². The third-order valence-corrected chi connectivity index (χ3v) is 6.13. The van der Waals surface area contributed by atoms with E-state index in [2.05, 4.69) is 0 Å². The van der Waals surface area contributed by atoms with Crippen LogP contribution in [0.4, 0.5) is 4.79 Å². The van der Waals surface area contributed by atoms with Gasteiger partial charge in [-0.05, 0) is 43.6 Å². The fourth-order valence-electron chi connectivity index (χ4n) is 4.59. The number of likely N-dealkylation sites (tertiary alicyclic amines) is 2. The first-order chi connectivity index (χ1) is 14.4. The molecule has 7 nitrogen and oxygen atoms in total. The lowest BCUT2D eigenvalue weighted by Crippen LogP contribution is -2.60. The zero-order valence-electron chi connectivity index (χ0n) is 18.1. The van der Waals surface area contributed by atoms with Crippen molar-refractivity contribution in [1.82, 2.24) is 9.80 Å². The van der Waals surface area contributed by atoms with E-state index in [0.29, 0.717) is 32.4 Å². The number of esters is 1. The summed E-state index contributed by atoms with van der Waals surface area (Å²) in [4.78, 5) is 42.2. The standard InChI is InChI=1S/C23H32N2O5/c1-17(2)15-19(20(26)29-3)24-14-12-23(21(24)27)11-7-8-13-25(23)22(28)30-16-18-9-5-4-6-10-18/h4-6,9-10,17,19H,7-8,11-16H2,1-3H3/t19-,23+/m0/s1. The Morgan fingerprint density at radius 3 is 2.50 bits per heavy atom. The molecule has 3 rings (SSSR count). The van der Waals surface area contributed by atoms with Crippen molar-refractivity contribution >= 4 is 18.0 Å². The van der Waals surface area contributed by atoms with Crippen molar-refractivity contribution in [2.75, 3.05) is 20.2 Å². The summed E-state index contributed by atoms with van der Waals surface area (Å²) in [5, 5.41) is 0. The van der Waals surface area contributed by atoms with Gasteiger partial charge in [-0.2, -0.15) is 0 Å². The molecule has 1 aromatic carbocycles. The second kappa shape index (κ2) is 9.49. The third-order valence-electron chi connectivity index (χ3n) is 6.13. The van der Waals surface area contributed by atoms with E-state index in [4.69, 9.17) is 9.47 Å². The van der Waals surface area contributed by atoms with E-state index in [1.54, 1.807) is 9.80 Å². The number of methoxy groups -OCH3 is 1. The lowest BCUT2D eigenvalue weighted by atomic mass is 9.85.